The van der Waals surface area contributed by atoms with E-state index >= 15 is 0 Å². The molecule has 27 heavy (non-hydrogen) atoms. The molecule has 1 fully saturated rings. The molecule has 0 atom stereocenters. The molecule has 142 valence electrons. The van der Waals surface area contributed by atoms with Crippen LogP contribution in [0.1, 0.15) is 35.2 Å². The maximum Gasteiger partial charge on any atom is 0.435 e. The van der Waals surface area contributed by atoms with Gasteiger partial charge in [0.2, 0.25) is 5.82 Å². The first kappa shape index (κ1) is 18.0. The molecule has 0 N–H and O–H groups in total. The van der Waals surface area contributed by atoms with Crippen molar-refractivity contribution >= 4 is 27.4 Å². The standard InChI is InChI=1S/C17H15BrF3N5O/c18-14-12-3-1-2-7-25(12)15(22-14)16(27)24-8-4-11(5-9-24)26-10-6-13(23-26)17(19,20)21/h1-3,6-7,10-11H,4-5,8-9H2. The van der Waals surface area contributed by atoms with E-state index < -0.39 is 11.9 Å². The van der Waals surface area contributed by atoms with Crippen LogP contribution in [0.25, 0.3) is 5.52 Å². The van der Waals surface area contributed by atoms with E-state index in [9.17, 15) is 18.0 Å². The van der Waals surface area contributed by atoms with Crippen LogP contribution in [-0.4, -0.2) is 43.1 Å². The fourth-order valence-corrected chi connectivity index (χ4v) is 3.81. The Balaban J connectivity index is 1.47. The number of imidazole rings is 1. The van der Waals surface area contributed by atoms with Crippen LogP contribution in [0.3, 0.4) is 0 Å². The molecule has 0 saturated carbocycles. The third kappa shape index (κ3) is 3.33. The zero-order valence-electron chi connectivity index (χ0n) is 14.0. The Morgan fingerprint density at radius 1 is 1.15 bits per heavy atom. The average Bonchev–Trinajstić information content (AvgIpc) is 3.27. The van der Waals surface area contributed by atoms with Gasteiger partial charge in [-0.2, -0.15) is 18.3 Å². The molecule has 0 radical (unpaired) electrons. The summed E-state index contributed by atoms with van der Waals surface area (Å²) >= 11 is 3.36. The van der Waals surface area contributed by atoms with Crippen LogP contribution in [0.15, 0.2) is 41.3 Å². The lowest BCUT2D eigenvalue weighted by molar-refractivity contribution is -0.141. The van der Waals surface area contributed by atoms with Crippen molar-refractivity contribution in [3.8, 4) is 0 Å². The van der Waals surface area contributed by atoms with E-state index in [1.54, 1.807) is 15.5 Å². The van der Waals surface area contributed by atoms with Crippen molar-refractivity contribution in [3.63, 3.8) is 0 Å². The summed E-state index contributed by atoms with van der Waals surface area (Å²) < 4.78 is 41.8. The third-order valence-electron chi connectivity index (χ3n) is 4.72. The fraction of sp³-hybridized carbons (Fsp3) is 0.353. The van der Waals surface area contributed by atoms with Crippen molar-refractivity contribution in [1.29, 1.82) is 0 Å². The lowest BCUT2D eigenvalue weighted by Crippen LogP contribution is -2.40. The number of nitrogens with zero attached hydrogens (tertiary/aromatic N) is 5. The number of aromatic nitrogens is 4. The predicted molar refractivity (Wildman–Crippen MR) is 94.3 cm³/mol. The number of halogens is 4. The summed E-state index contributed by atoms with van der Waals surface area (Å²) in [7, 11) is 0. The molecule has 0 spiro atoms. The second kappa shape index (κ2) is 6.66. The maximum absolute atomic E-state index is 12.9. The predicted octanol–water partition coefficient (Wildman–Crippen LogP) is 3.79. The molecule has 3 aromatic rings. The van der Waals surface area contributed by atoms with Crippen LogP contribution < -0.4 is 0 Å². The van der Waals surface area contributed by atoms with E-state index in [-0.39, 0.29) is 11.9 Å². The number of pyridine rings is 1. The van der Waals surface area contributed by atoms with Crippen molar-refractivity contribution in [2.75, 3.05) is 13.1 Å². The molecule has 4 heterocycles. The van der Waals surface area contributed by atoms with Gasteiger partial charge in [-0.25, -0.2) is 4.98 Å². The molecule has 0 unspecified atom stereocenters. The molecule has 4 rings (SSSR count). The van der Waals surface area contributed by atoms with E-state index in [0.717, 1.165) is 11.6 Å². The molecule has 6 nitrogen and oxygen atoms in total. The lowest BCUT2D eigenvalue weighted by Gasteiger charge is -2.31. The third-order valence-corrected chi connectivity index (χ3v) is 5.30. The summed E-state index contributed by atoms with van der Waals surface area (Å²) in [5.74, 6) is 0.117. The van der Waals surface area contributed by atoms with Gasteiger partial charge in [0.1, 0.15) is 4.60 Å². The van der Waals surface area contributed by atoms with Crippen molar-refractivity contribution < 1.29 is 18.0 Å². The lowest BCUT2D eigenvalue weighted by atomic mass is 10.1. The zero-order chi connectivity index (χ0) is 19.2. The number of carbonyl (C=O) groups excluding carboxylic acids is 1. The fourth-order valence-electron chi connectivity index (χ4n) is 3.32. The Bertz CT molecular complexity index is 988. The SMILES string of the molecule is O=C(c1nc(Br)c2ccccn12)N1CCC(n2ccc(C(F)(F)F)n2)CC1. The topological polar surface area (TPSA) is 55.4 Å². The van der Waals surface area contributed by atoms with Crippen molar-refractivity contribution in [3.05, 3.63) is 52.8 Å². The number of piperidine rings is 1. The number of amides is 1. The average molecular weight is 442 g/mol. The molecule has 3 aromatic heterocycles. The normalized spacial score (nSPS) is 16.2. The van der Waals surface area contributed by atoms with Gasteiger partial charge in [-0.1, -0.05) is 6.07 Å². The van der Waals surface area contributed by atoms with Gasteiger partial charge in [0.05, 0.1) is 11.6 Å². The highest BCUT2D eigenvalue weighted by molar-refractivity contribution is 9.10. The van der Waals surface area contributed by atoms with E-state index in [4.69, 9.17) is 0 Å². The zero-order valence-corrected chi connectivity index (χ0v) is 15.6. The van der Waals surface area contributed by atoms with Crippen molar-refractivity contribution in [2.45, 2.75) is 25.1 Å². The minimum atomic E-state index is -4.45. The van der Waals surface area contributed by atoms with Gasteiger partial charge in [-0.15, -0.1) is 0 Å². The smallest absolute Gasteiger partial charge is 0.336 e. The van der Waals surface area contributed by atoms with Crippen LogP contribution in [0, 0.1) is 0 Å². The van der Waals surface area contributed by atoms with E-state index in [1.807, 2.05) is 18.2 Å². The van der Waals surface area contributed by atoms with Crippen LogP contribution in [-0.2, 0) is 6.18 Å². The summed E-state index contributed by atoms with van der Waals surface area (Å²) in [5.41, 5.74) is -0.0957. The van der Waals surface area contributed by atoms with Crippen LogP contribution >= 0.6 is 15.9 Å². The Kier molecular flexibility index (Phi) is 4.45. The first-order valence-corrected chi connectivity index (χ1v) is 9.18. The van der Waals surface area contributed by atoms with E-state index in [2.05, 4.69) is 26.0 Å². The van der Waals surface area contributed by atoms with Gasteiger partial charge in [0.25, 0.3) is 5.91 Å². The molecular formula is C17H15BrF3N5O. The summed E-state index contributed by atoms with van der Waals surface area (Å²) in [6.45, 7) is 0.869. The van der Waals surface area contributed by atoms with Gasteiger partial charge in [0.15, 0.2) is 5.69 Å². The minimum absolute atomic E-state index is 0.158. The summed E-state index contributed by atoms with van der Waals surface area (Å²) in [5, 5.41) is 3.64. The largest absolute Gasteiger partial charge is 0.435 e. The number of alkyl halides is 3. The molecule has 10 heteroatoms. The quantitative estimate of drug-likeness (QED) is 0.607. The van der Waals surface area contributed by atoms with Crippen LogP contribution in [0.5, 0.6) is 0 Å². The second-order valence-corrected chi connectivity index (χ2v) is 7.14. The Morgan fingerprint density at radius 2 is 1.89 bits per heavy atom. The van der Waals surface area contributed by atoms with Crippen molar-refractivity contribution in [1.82, 2.24) is 24.1 Å². The maximum atomic E-state index is 12.9. The highest BCUT2D eigenvalue weighted by Crippen LogP contribution is 2.30. The van der Waals surface area contributed by atoms with Gasteiger partial charge in [-0.3, -0.25) is 13.9 Å². The molecule has 1 aliphatic rings. The summed E-state index contributed by atoms with van der Waals surface area (Å²) in [6, 6.07) is 6.36. The van der Waals surface area contributed by atoms with E-state index in [1.165, 1.54) is 10.9 Å². The van der Waals surface area contributed by atoms with Crippen LogP contribution in [0.2, 0.25) is 0 Å². The molecular weight excluding hydrogens is 427 g/mol. The minimum Gasteiger partial charge on any atom is -0.336 e. The second-order valence-electron chi connectivity index (χ2n) is 6.38. The molecule has 0 aromatic carbocycles. The van der Waals surface area contributed by atoms with Gasteiger partial charge in [0, 0.05) is 25.5 Å². The molecule has 1 aliphatic heterocycles. The van der Waals surface area contributed by atoms with Gasteiger partial charge < -0.3 is 4.90 Å². The number of rotatable bonds is 2. The number of hydrogen-bond donors (Lipinski definition) is 0. The molecule has 0 aliphatic carbocycles. The first-order valence-electron chi connectivity index (χ1n) is 8.39. The van der Waals surface area contributed by atoms with Gasteiger partial charge >= 0.3 is 6.18 Å². The number of fused-ring (bicyclic) bond motifs is 1. The Hall–Kier alpha value is -2.36. The monoisotopic (exact) mass is 441 g/mol. The highest BCUT2D eigenvalue weighted by atomic mass is 79.9. The molecule has 1 saturated heterocycles. The van der Waals surface area contributed by atoms with Gasteiger partial charge in [-0.05, 0) is 47.0 Å². The summed E-state index contributed by atoms with van der Waals surface area (Å²) in [6.07, 6.45) is -0.249. The van der Waals surface area contributed by atoms with E-state index in [0.29, 0.717) is 36.4 Å². The number of likely N-dealkylation sites (tertiary alicyclic amines) is 1. The Morgan fingerprint density at radius 3 is 2.56 bits per heavy atom. The Labute approximate surface area is 160 Å². The first-order chi connectivity index (χ1) is 12.8. The number of carbonyl (C=O) groups is 1. The van der Waals surface area contributed by atoms with Crippen molar-refractivity contribution in [2.24, 2.45) is 0 Å². The molecule has 0 bridgehead atoms. The highest BCUT2D eigenvalue weighted by Gasteiger charge is 2.35. The van der Waals surface area contributed by atoms with Crippen LogP contribution in [0.4, 0.5) is 13.2 Å². The summed E-state index contributed by atoms with van der Waals surface area (Å²) in [4.78, 5) is 18.9. The number of hydrogen-bond acceptors (Lipinski definition) is 3. The molecule has 1 amide bonds.